The molecule has 0 spiro atoms. The molecule has 0 unspecified atom stereocenters. The Hall–Kier alpha value is -1.22. The van der Waals surface area contributed by atoms with Gasteiger partial charge in [-0.3, -0.25) is 0 Å². The lowest BCUT2D eigenvalue weighted by Crippen LogP contribution is -2.07. The SMILES string of the molecule is C=C(CS)C(=O)OCc1ccccc1. The van der Waals surface area contributed by atoms with Crippen LogP contribution in [-0.2, 0) is 16.1 Å². The second kappa shape index (κ2) is 5.50. The fraction of sp³-hybridized carbons (Fsp3) is 0.182. The highest BCUT2D eigenvalue weighted by atomic mass is 32.1. The van der Waals surface area contributed by atoms with Crippen LogP contribution in [0.3, 0.4) is 0 Å². The number of benzene rings is 1. The highest BCUT2D eigenvalue weighted by Gasteiger charge is 2.05. The fourth-order valence-corrected chi connectivity index (χ4v) is 1.02. The molecule has 2 nitrogen and oxygen atoms in total. The number of carbonyl (C=O) groups excluding carboxylic acids is 1. The average molecular weight is 208 g/mol. The van der Waals surface area contributed by atoms with E-state index in [1.165, 1.54) is 0 Å². The van der Waals surface area contributed by atoms with Crippen LogP contribution in [0.15, 0.2) is 42.5 Å². The van der Waals surface area contributed by atoms with Crippen molar-refractivity contribution in [1.82, 2.24) is 0 Å². The van der Waals surface area contributed by atoms with Crippen molar-refractivity contribution in [2.45, 2.75) is 6.61 Å². The van der Waals surface area contributed by atoms with Crippen molar-refractivity contribution in [3.63, 3.8) is 0 Å². The van der Waals surface area contributed by atoms with Gasteiger partial charge in [-0.1, -0.05) is 36.9 Å². The number of hydrogen-bond acceptors (Lipinski definition) is 3. The number of hydrogen-bond donors (Lipinski definition) is 1. The van der Waals surface area contributed by atoms with Gasteiger partial charge in [0.05, 0.1) is 0 Å². The third-order valence-electron chi connectivity index (χ3n) is 1.69. The van der Waals surface area contributed by atoms with E-state index in [-0.39, 0.29) is 12.6 Å². The zero-order valence-corrected chi connectivity index (χ0v) is 8.67. The molecule has 0 radical (unpaired) electrons. The second-order valence-corrected chi connectivity index (χ2v) is 3.14. The minimum Gasteiger partial charge on any atom is -0.457 e. The Kier molecular flexibility index (Phi) is 4.26. The van der Waals surface area contributed by atoms with Gasteiger partial charge in [0.1, 0.15) is 6.61 Å². The number of rotatable bonds is 4. The lowest BCUT2D eigenvalue weighted by molar-refractivity contribution is -0.140. The van der Waals surface area contributed by atoms with Gasteiger partial charge in [0.25, 0.3) is 0 Å². The lowest BCUT2D eigenvalue weighted by atomic mass is 10.2. The first-order chi connectivity index (χ1) is 6.74. The van der Waals surface area contributed by atoms with Gasteiger partial charge in [0.2, 0.25) is 0 Å². The van der Waals surface area contributed by atoms with Crippen molar-refractivity contribution in [2.24, 2.45) is 0 Å². The third kappa shape index (κ3) is 3.26. The summed E-state index contributed by atoms with van der Waals surface area (Å²) in [5, 5.41) is 0. The van der Waals surface area contributed by atoms with Crippen molar-refractivity contribution in [3.8, 4) is 0 Å². The molecule has 74 valence electrons. The Labute approximate surface area is 89.0 Å². The molecule has 0 saturated heterocycles. The van der Waals surface area contributed by atoms with Gasteiger partial charge < -0.3 is 4.74 Å². The van der Waals surface area contributed by atoms with Crippen LogP contribution in [0, 0.1) is 0 Å². The van der Waals surface area contributed by atoms with Crippen LogP contribution < -0.4 is 0 Å². The summed E-state index contributed by atoms with van der Waals surface area (Å²) >= 11 is 3.93. The molecule has 3 heteroatoms. The normalized spacial score (nSPS) is 9.50. The van der Waals surface area contributed by atoms with Gasteiger partial charge in [-0.15, -0.1) is 0 Å². The maximum atomic E-state index is 11.2. The minimum absolute atomic E-state index is 0.284. The number of esters is 1. The molecular formula is C11H12O2S. The highest BCUT2D eigenvalue weighted by molar-refractivity contribution is 7.80. The molecular weight excluding hydrogens is 196 g/mol. The molecule has 0 aromatic heterocycles. The van der Waals surface area contributed by atoms with Gasteiger partial charge in [-0.25, -0.2) is 4.79 Å². The van der Waals surface area contributed by atoms with Crippen LogP contribution in [0.4, 0.5) is 0 Å². The highest BCUT2D eigenvalue weighted by Crippen LogP contribution is 2.03. The molecule has 1 aromatic rings. The standard InChI is InChI=1S/C11H12O2S/c1-9(8-14)11(12)13-7-10-5-3-2-4-6-10/h2-6,14H,1,7-8H2. The lowest BCUT2D eigenvalue weighted by Gasteiger charge is -2.04. The Morgan fingerprint density at radius 3 is 2.57 bits per heavy atom. The summed E-state index contributed by atoms with van der Waals surface area (Å²) in [7, 11) is 0. The van der Waals surface area contributed by atoms with Crippen LogP contribution in [0.5, 0.6) is 0 Å². The Morgan fingerprint density at radius 2 is 2.00 bits per heavy atom. The average Bonchev–Trinajstić information content (AvgIpc) is 2.26. The zero-order chi connectivity index (χ0) is 10.4. The molecule has 1 aromatic carbocycles. The minimum atomic E-state index is -0.385. The van der Waals surface area contributed by atoms with E-state index in [1.807, 2.05) is 30.3 Å². The first-order valence-electron chi connectivity index (χ1n) is 4.23. The topological polar surface area (TPSA) is 26.3 Å². The van der Waals surface area contributed by atoms with Crippen LogP contribution in [0.1, 0.15) is 5.56 Å². The molecule has 0 amide bonds. The number of carbonyl (C=O) groups is 1. The summed E-state index contributed by atoms with van der Waals surface area (Å²) in [5.74, 6) is -0.0583. The molecule has 0 heterocycles. The summed E-state index contributed by atoms with van der Waals surface area (Å²) in [4.78, 5) is 11.2. The van der Waals surface area contributed by atoms with Crippen molar-refractivity contribution < 1.29 is 9.53 Å². The Balaban J connectivity index is 2.42. The van der Waals surface area contributed by atoms with Gasteiger partial charge >= 0.3 is 5.97 Å². The zero-order valence-electron chi connectivity index (χ0n) is 7.77. The van der Waals surface area contributed by atoms with Crippen LogP contribution in [0.25, 0.3) is 0 Å². The predicted molar refractivity (Wildman–Crippen MR) is 59.2 cm³/mol. The van der Waals surface area contributed by atoms with E-state index in [2.05, 4.69) is 19.2 Å². The van der Waals surface area contributed by atoms with E-state index in [9.17, 15) is 4.79 Å². The maximum Gasteiger partial charge on any atom is 0.334 e. The van der Waals surface area contributed by atoms with Crippen molar-refractivity contribution in [2.75, 3.05) is 5.75 Å². The van der Waals surface area contributed by atoms with E-state index in [1.54, 1.807) is 0 Å². The molecule has 0 N–H and O–H groups in total. The second-order valence-electron chi connectivity index (χ2n) is 2.82. The quantitative estimate of drug-likeness (QED) is 0.466. The van der Waals surface area contributed by atoms with Crippen LogP contribution in [-0.4, -0.2) is 11.7 Å². The van der Waals surface area contributed by atoms with Crippen molar-refractivity contribution in [3.05, 3.63) is 48.0 Å². The summed E-state index contributed by atoms with van der Waals surface area (Å²) in [6.07, 6.45) is 0. The molecule has 0 atom stereocenters. The predicted octanol–water partition coefficient (Wildman–Crippen LogP) is 2.22. The third-order valence-corrected chi connectivity index (χ3v) is 2.07. The number of ether oxygens (including phenoxy) is 1. The van der Waals surface area contributed by atoms with E-state index >= 15 is 0 Å². The number of thiol groups is 1. The van der Waals surface area contributed by atoms with Gasteiger partial charge in [-0.2, -0.15) is 12.6 Å². The van der Waals surface area contributed by atoms with Crippen molar-refractivity contribution >= 4 is 18.6 Å². The maximum absolute atomic E-state index is 11.2. The summed E-state index contributed by atoms with van der Waals surface area (Å²) < 4.78 is 4.99. The first-order valence-corrected chi connectivity index (χ1v) is 4.87. The molecule has 0 bridgehead atoms. The molecule has 14 heavy (non-hydrogen) atoms. The van der Waals surface area contributed by atoms with Crippen molar-refractivity contribution in [1.29, 1.82) is 0 Å². The van der Waals surface area contributed by atoms with E-state index in [4.69, 9.17) is 4.74 Å². The van der Waals surface area contributed by atoms with Crippen LogP contribution in [0.2, 0.25) is 0 Å². The largest absolute Gasteiger partial charge is 0.457 e. The first kappa shape index (κ1) is 10.9. The smallest absolute Gasteiger partial charge is 0.334 e. The summed E-state index contributed by atoms with van der Waals surface area (Å²) in [6.45, 7) is 3.82. The summed E-state index contributed by atoms with van der Waals surface area (Å²) in [5.41, 5.74) is 1.34. The molecule has 0 aliphatic carbocycles. The van der Waals surface area contributed by atoms with E-state index < -0.39 is 0 Å². The fourth-order valence-electron chi connectivity index (χ4n) is 0.890. The van der Waals surface area contributed by atoms with Crippen LogP contribution >= 0.6 is 12.6 Å². The van der Waals surface area contributed by atoms with E-state index in [0.717, 1.165) is 5.56 Å². The molecule has 0 aliphatic heterocycles. The Bertz CT molecular complexity index is 319. The molecule has 1 rings (SSSR count). The van der Waals surface area contributed by atoms with Gasteiger partial charge in [0, 0.05) is 11.3 Å². The molecule has 0 aliphatic rings. The summed E-state index contributed by atoms with van der Waals surface area (Å²) in [6, 6.07) is 9.51. The van der Waals surface area contributed by atoms with Gasteiger partial charge in [0.15, 0.2) is 0 Å². The van der Waals surface area contributed by atoms with E-state index in [0.29, 0.717) is 11.3 Å². The Morgan fingerprint density at radius 1 is 1.36 bits per heavy atom. The van der Waals surface area contributed by atoms with Gasteiger partial charge in [-0.05, 0) is 5.56 Å². The molecule has 0 fully saturated rings. The molecule has 0 saturated carbocycles. The monoisotopic (exact) mass is 208 g/mol.